The summed E-state index contributed by atoms with van der Waals surface area (Å²) in [5, 5.41) is 5.39. The van der Waals surface area contributed by atoms with Gasteiger partial charge in [-0.15, -0.1) is 0 Å². The van der Waals surface area contributed by atoms with Crippen LogP contribution in [0.2, 0.25) is 0 Å². The van der Waals surface area contributed by atoms with E-state index in [0.717, 1.165) is 28.8 Å². The Hall–Kier alpha value is -2.45. The van der Waals surface area contributed by atoms with Gasteiger partial charge < -0.3 is 15.5 Å². The molecule has 0 radical (unpaired) electrons. The molecule has 0 saturated heterocycles. The second kappa shape index (κ2) is 13.2. The third-order valence-electron chi connectivity index (χ3n) is 4.81. The Kier molecular flexibility index (Phi) is 10.6. The molecule has 0 saturated carbocycles. The van der Waals surface area contributed by atoms with E-state index in [4.69, 9.17) is 0 Å². The minimum absolute atomic E-state index is 0.0658. The zero-order valence-corrected chi connectivity index (χ0v) is 20.6. The normalized spacial score (nSPS) is 12.5. The first-order chi connectivity index (χ1) is 15.3. The number of thioether (sulfide) groups is 2. The van der Waals surface area contributed by atoms with Crippen LogP contribution in [-0.2, 0) is 15.3 Å². The van der Waals surface area contributed by atoms with E-state index in [1.165, 1.54) is 0 Å². The maximum atomic E-state index is 12.6. The van der Waals surface area contributed by atoms with Crippen molar-refractivity contribution in [1.29, 1.82) is 0 Å². The van der Waals surface area contributed by atoms with E-state index in [-0.39, 0.29) is 16.9 Å². The molecule has 0 aliphatic carbocycles. The van der Waals surface area contributed by atoms with E-state index in [9.17, 15) is 14.4 Å². The van der Waals surface area contributed by atoms with Crippen molar-refractivity contribution in [1.82, 2.24) is 10.6 Å². The Labute approximate surface area is 198 Å². The number of rotatable bonds is 11. The van der Waals surface area contributed by atoms with Crippen LogP contribution < -0.4 is 15.5 Å². The highest BCUT2D eigenvalue weighted by Gasteiger charge is 2.23. The minimum Gasteiger partial charge on any atom is -0.378 e. The largest absolute Gasteiger partial charge is 0.378 e. The van der Waals surface area contributed by atoms with Crippen molar-refractivity contribution >= 4 is 46.1 Å². The number of carbonyl (C=O) groups excluding carboxylic acids is 3. The lowest BCUT2D eigenvalue weighted by atomic mass is 10.2. The Balaban J connectivity index is 1.84. The van der Waals surface area contributed by atoms with Crippen LogP contribution in [0.4, 0.5) is 5.69 Å². The molecular weight excluding hydrogens is 442 g/mol. The summed E-state index contributed by atoms with van der Waals surface area (Å²) in [5.41, 5.74) is 2.90. The smallest absolute Gasteiger partial charge is 0.243 e. The van der Waals surface area contributed by atoms with E-state index < -0.39 is 12.0 Å². The van der Waals surface area contributed by atoms with Crippen molar-refractivity contribution in [3.63, 3.8) is 0 Å². The van der Waals surface area contributed by atoms with Gasteiger partial charge in [-0.25, -0.2) is 0 Å². The van der Waals surface area contributed by atoms with E-state index in [1.54, 1.807) is 37.9 Å². The van der Waals surface area contributed by atoms with E-state index in [1.807, 2.05) is 37.2 Å². The highest BCUT2D eigenvalue weighted by Crippen LogP contribution is 2.19. The number of hydrogen-bond acceptors (Lipinski definition) is 6. The molecule has 0 aliphatic rings. The molecule has 2 N–H and O–H groups in total. The number of likely N-dealkylation sites (N-methyl/N-ethyl adjacent to an activating group) is 1. The van der Waals surface area contributed by atoms with E-state index >= 15 is 0 Å². The molecule has 0 fully saturated rings. The number of nitrogens with zero attached hydrogens (tertiary/aromatic N) is 1. The quantitative estimate of drug-likeness (QED) is 0.521. The standard InChI is InChI=1S/C24H31N3O3S2/c1-17(14-32-24(30)19-8-6-5-7-9-19)22(28)26-21(23(29)25-2)16-31-15-18-10-12-20(13-11-18)27(3)4/h5-13,17,21H,14-16H2,1-4H3,(H,25,29)(H,26,28)/t17?,21-/m0/s1. The van der Waals surface area contributed by atoms with Crippen LogP contribution in [0.3, 0.4) is 0 Å². The van der Waals surface area contributed by atoms with Crippen molar-refractivity contribution < 1.29 is 14.4 Å². The average molecular weight is 474 g/mol. The van der Waals surface area contributed by atoms with Gasteiger partial charge in [-0.2, -0.15) is 11.8 Å². The second-order valence-corrected chi connectivity index (χ2v) is 9.64. The molecule has 1 unspecified atom stereocenters. The Bertz CT molecular complexity index is 889. The van der Waals surface area contributed by atoms with Crippen molar-refractivity contribution in [3.05, 3.63) is 65.7 Å². The van der Waals surface area contributed by atoms with Gasteiger partial charge in [-0.3, -0.25) is 14.4 Å². The molecule has 2 aromatic carbocycles. The summed E-state index contributed by atoms with van der Waals surface area (Å²) in [6.07, 6.45) is 0. The Morgan fingerprint density at radius 2 is 1.59 bits per heavy atom. The van der Waals surface area contributed by atoms with Crippen LogP contribution in [-0.4, -0.2) is 55.6 Å². The number of nitrogens with one attached hydrogen (secondary N) is 2. The van der Waals surface area contributed by atoms with Crippen molar-refractivity contribution in [2.45, 2.75) is 18.7 Å². The Morgan fingerprint density at radius 1 is 0.938 bits per heavy atom. The first kappa shape index (κ1) is 25.8. The molecule has 0 aromatic heterocycles. The van der Waals surface area contributed by atoms with Crippen LogP contribution in [0.1, 0.15) is 22.8 Å². The summed E-state index contributed by atoms with van der Waals surface area (Å²) in [6, 6.07) is 16.6. The number of hydrogen-bond donors (Lipinski definition) is 2. The molecule has 2 atom stereocenters. The van der Waals surface area contributed by atoms with Gasteiger partial charge >= 0.3 is 0 Å². The molecule has 2 aromatic rings. The molecule has 0 spiro atoms. The third-order valence-corrected chi connectivity index (χ3v) is 7.08. The average Bonchev–Trinajstić information content (AvgIpc) is 2.81. The summed E-state index contributed by atoms with van der Waals surface area (Å²) in [5.74, 6) is 0.698. The predicted octanol–water partition coefficient (Wildman–Crippen LogP) is 3.43. The van der Waals surface area contributed by atoms with Crippen LogP contribution in [0.5, 0.6) is 0 Å². The fourth-order valence-electron chi connectivity index (χ4n) is 2.79. The first-order valence-electron chi connectivity index (χ1n) is 10.4. The maximum absolute atomic E-state index is 12.6. The van der Waals surface area contributed by atoms with Gasteiger partial charge in [0.1, 0.15) is 6.04 Å². The second-order valence-electron chi connectivity index (χ2n) is 7.62. The number of carbonyl (C=O) groups is 3. The summed E-state index contributed by atoms with van der Waals surface area (Å²) in [4.78, 5) is 39.2. The Morgan fingerprint density at radius 3 is 2.19 bits per heavy atom. The molecule has 32 heavy (non-hydrogen) atoms. The predicted molar refractivity (Wildman–Crippen MR) is 135 cm³/mol. The summed E-state index contributed by atoms with van der Waals surface area (Å²) in [7, 11) is 5.55. The third kappa shape index (κ3) is 8.24. The van der Waals surface area contributed by atoms with Crippen LogP contribution in [0.15, 0.2) is 54.6 Å². The van der Waals surface area contributed by atoms with Gasteiger partial charge in [0.25, 0.3) is 0 Å². The SMILES string of the molecule is CNC(=O)[C@H](CSCc1ccc(N(C)C)cc1)NC(=O)C(C)CSC(=O)c1ccccc1. The minimum atomic E-state index is -0.629. The summed E-state index contributed by atoms with van der Waals surface area (Å²) in [6.45, 7) is 1.76. The van der Waals surface area contributed by atoms with Crippen molar-refractivity contribution in [3.8, 4) is 0 Å². The lowest BCUT2D eigenvalue weighted by Gasteiger charge is -2.19. The van der Waals surface area contributed by atoms with Gasteiger partial charge in [0.2, 0.25) is 16.9 Å². The van der Waals surface area contributed by atoms with Crippen LogP contribution >= 0.6 is 23.5 Å². The van der Waals surface area contributed by atoms with Crippen LogP contribution in [0, 0.1) is 5.92 Å². The fourth-order valence-corrected chi connectivity index (χ4v) is 4.66. The van der Waals surface area contributed by atoms with Crippen molar-refractivity contribution in [2.75, 3.05) is 37.5 Å². The molecule has 172 valence electrons. The number of amides is 2. The zero-order chi connectivity index (χ0) is 23.5. The molecule has 8 heteroatoms. The van der Waals surface area contributed by atoms with Gasteiger partial charge in [0.05, 0.1) is 0 Å². The monoisotopic (exact) mass is 473 g/mol. The first-order valence-corrected chi connectivity index (χ1v) is 12.5. The van der Waals surface area contributed by atoms with Gasteiger partial charge in [0.15, 0.2) is 0 Å². The molecule has 0 aliphatic heterocycles. The highest BCUT2D eigenvalue weighted by atomic mass is 32.2. The summed E-state index contributed by atoms with van der Waals surface area (Å²) >= 11 is 2.71. The number of benzene rings is 2. The molecular formula is C24H31N3O3S2. The lowest BCUT2D eigenvalue weighted by Crippen LogP contribution is -2.49. The molecule has 0 bridgehead atoms. The molecule has 6 nitrogen and oxygen atoms in total. The van der Waals surface area contributed by atoms with Gasteiger partial charge in [-0.05, 0) is 17.7 Å². The van der Waals surface area contributed by atoms with Gasteiger partial charge in [-0.1, -0.05) is 61.2 Å². The number of anilines is 1. The zero-order valence-electron chi connectivity index (χ0n) is 19.0. The fraction of sp³-hybridized carbons (Fsp3) is 0.375. The maximum Gasteiger partial charge on any atom is 0.243 e. The molecule has 0 heterocycles. The summed E-state index contributed by atoms with van der Waals surface area (Å²) < 4.78 is 0. The van der Waals surface area contributed by atoms with E-state index in [2.05, 4.69) is 34.9 Å². The topological polar surface area (TPSA) is 78.5 Å². The lowest BCUT2D eigenvalue weighted by molar-refractivity contribution is -0.129. The van der Waals surface area contributed by atoms with Crippen LogP contribution in [0.25, 0.3) is 0 Å². The van der Waals surface area contributed by atoms with Crippen molar-refractivity contribution in [2.24, 2.45) is 5.92 Å². The molecule has 2 rings (SSSR count). The van der Waals surface area contributed by atoms with E-state index in [0.29, 0.717) is 17.1 Å². The highest BCUT2D eigenvalue weighted by molar-refractivity contribution is 8.14. The molecule has 2 amide bonds. The van der Waals surface area contributed by atoms with Gasteiger partial charge in [0, 0.05) is 55.6 Å².